The first-order valence-corrected chi connectivity index (χ1v) is 5.35. The van der Waals surface area contributed by atoms with Gasteiger partial charge in [-0.15, -0.1) is 11.8 Å². The summed E-state index contributed by atoms with van der Waals surface area (Å²) in [5.74, 6) is 0. The standard InChI is InChI=1S/C4H9NO2S2/c1-8-4(5)3-9(2,6)7/h3H,5H2,1-2H3/b4-3-. The van der Waals surface area contributed by atoms with Gasteiger partial charge >= 0.3 is 0 Å². The number of hydrogen-bond acceptors (Lipinski definition) is 4. The van der Waals surface area contributed by atoms with Crippen molar-refractivity contribution in [3.05, 3.63) is 10.4 Å². The van der Waals surface area contributed by atoms with Crippen LogP contribution in [0.2, 0.25) is 0 Å². The van der Waals surface area contributed by atoms with Crippen molar-refractivity contribution in [2.75, 3.05) is 12.5 Å². The molecule has 0 aliphatic rings. The van der Waals surface area contributed by atoms with Crippen LogP contribution in [0.1, 0.15) is 0 Å². The first kappa shape index (κ1) is 8.84. The van der Waals surface area contributed by atoms with Gasteiger partial charge in [0.05, 0.1) is 10.4 Å². The van der Waals surface area contributed by atoms with Crippen LogP contribution >= 0.6 is 11.8 Å². The van der Waals surface area contributed by atoms with Crippen molar-refractivity contribution in [2.24, 2.45) is 5.73 Å². The molecule has 0 saturated heterocycles. The Morgan fingerprint density at radius 1 is 1.67 bits per heavy atom. The number of thioether (sulfide) groups is 1. The van der Waals surface area contributed by atoms with Crippen molar-refractivity contribution < 1.29 is 8.42 Å². The molecular weight excluding hydrogens is 158 g/mol. The van der Waals surface area contributed by atoms with Gasteiger partial charge < -0.3 is 5.73 Å². The zero-order chi connectivity index (χ0) is 7.49. The first-order chi connectivity index (χ1) is 3.95. The van der Waals surface area contributed by atoms with Crippen LogP contribution < -0.4 is 5.73 Å². The number of rotatable bonds is 2. The quantitative estimate of drug-likeness (QED) is 0.636. The second kappa shape index (κ2) is 3.12. The molecule has 0 unspecified atom stereocenters. The molecule has 0 rings (SSSR count). The van der Waals surface area contributed by atoms with E-state index in [0.29, 0.717) is 5.03 Å². The molecule has 0 aliphatic heterocycles. The van der Waals surface area contributed by atoms with Gasteiger partial charge in [0.2, 0.25) is 0 Å². The highest BCUT2D eigenvalue weighted by molar-refractivity contribution is 8.03. The molecule has 3 nitrogen and oxygen atoms in total. The summed E-state index contributed by atoms with van der Waals surface area (Å²) >= 11 is 1.21. The molecule has 0 bridgehead atoms. The van der Waals surface area contributed by atoms with Crippen molar-refractivity contribution in [3.8, 4) is 0 Å². The minimum absolute atomic E-state index is 0.317. The van der Waals surface area contributed by atoms with E-state index in [1.165, 1.54) is 11.8 Å². The summed E-state index contributed by atoms with van der Waals surface area (Å²) in [6.45, 7) is 0. The molecule has 0 amide bonds. The van der Waals surface area contributed by atoms with Gasteiger partial charge in [-0.25, -0.2) is 8.42 Å². The normalized spacial score (nSPS) is 13.8. The molecule has 0 atom stereocenters. The van der Waals surface area contributed by atoms with Crippen LogP contribution in [-0.4, -0.2) is 20.9 Å². The Kier molecular flexibility index (Phi) is 3.07. The fraction of sp³-hybridized carbons (Fsp3) is 0.500. The topological polar surface area (TPSA) is 60.2 Å². The predicted octanol–water partition coefficient (Wildman–Crippen LogP) is 0.152. The molecule has 0 aromatic heterocycles. The highest BCUT2D eigenvalue weighted by Crippen LogP contribution is 2.04. The van der Waals surface area contributed by atoms with E-state index in [0.717, 1.165) is 11.7 Å². The molecule has 0 aromatic rings. The Hall–Kier alpha value is -0.160. The SMILES string of the molecule is CS/C(N)=C\S(C)(=O)=O. The molecule has 0 aliphatic carbocycles. The smallest absolute Gasteiger partial charge is 0.171 e. The van der Waals surface area contributed by atoms with Crippen LogP contribution in [0.3, 0.4) is 0 Å². The van der Waals surface area contributed by atoms with Gasteiger partial charge in [-0.3, -0.25) is 0 Å². The lowest BCUT2D eigenvalue weighted by atomic mass is 11.1. The van der Waals surface area contributed by atoms with Crippen molar-refractivity contribution in [3.63, 3.8) is 0 Å². The van der Waals surface area contributed by atoms with Crippen LogP contribution in [-0.2, 0) is 9.84 Å². The summed E-state index contributed by atoms with van der Waals surface area (Å²) in [5, 5.41) is 1.36. The third-order valence-electron chi connectivity index (χ3n) is 0.566. The second-order valence-corrected chi connectivity index (χ2v) is 4.33. The monoisotopic (exact) mass is 167 g/mol. The molecule has 0 spiro atoms. The Morgan fingerprint density at radius 2 is 2.11 bits per heavy atom. The summed E-state index contributed by atoms with van der Waals surface area (Å²) in [6, 6.07) is 0. The lowest BCUT2D eigenvalue weighted by Gasteiger charge is -1.91. The average Bonchev–Trinajstić information content (AvgIpc) is 1.62. The largest absolute Gasteiger partial charge is 0.393 e. The number of hydrogen-bond donors (Lipinski definition) is 1. The molecule has 2 N–H and O–H groups in total. The Labute approximate surface area is 59.2 Å². The summed E-state index contributed by atoms with van der Waals surface area (Å²) in [4.78, 5) is 0. The third kappa shape index (κ3) is 5.72. The summed E-state index contributed by atoms with van der Waals surface area (Å²) in [6.07, 6.45) is 2.83. The molecule has 54 valence electrons. The predicted molar refractivity (Wildman–Crippen MR) is 40.6 cm³/mol. The molecule has 0 saturated carbocycles. The molecule has 5 heteroatoms. The second-order valence-electron chi connectivity index (χ2n) is 1.55. The Balaban J connectivity index is 4.32. The van der Waals surface area contributed by atoms with Crippen molar-refractivity contribution in [2.45, 2.75) is 0 Å². The molecule has 0 fully saturated rings. The van der Waals surface area contributed by atoms with E-state index in [9.17, 15) is 8.42 Å². The van der Waals surface area contributed by atoms with E-state index in [1.807, 2.05) is 0 Å². The highest BCUT2D eigenvalue weighted by Gasteiger charge is 1.95. The lowest BCUT2D eigenvalue weighted by Crippen LogP contribution is -1.97. The third-order valence-corrected chi connectivity index (χ3v) is 1.99. The van der Waals surface area contributed by atoms with Crippen molar-refractivity contribution >= 4 is 21.6 Å². The maximum Gasteiger partial charge on any atom is 0.171 e. The van der Waals surface area contributed by atoms with E-state index >= 15 is 0 Å². The van der Waals surface area contributed by atoms with Crippen LogP contribution in [0.15, 0.2) is 10.4 Å². The van der Waals surface area contributed by atoms with Crippen LogP contribution in [0.25, 0.3) is 0 Å². The van der Waals surface area contributed by atoms with Crippen molar-refractivity contribution in [1.82, 2.24) is 0 Å². The van der Waals surface area contributed by atoms with Gasteiger partial charge in [-0.1, -0.05) is 0 Å². The van der Waals surface area contributed by atoms with Gasteiger partial charge in [-0.05, 0) is 6.26 Å². The number of nitrogens with two attached hydrogens (primary N) is 1. The van der Waals surface area contributed by atoms with Gasteiger partial charge in [-0.2, -0.15) is 0 Å². The molecule has 0 radical (unpaired) electrons. The van der Waals surface area contributed by atoms with Crippen LogP contribution in [0.4, 0.5) is 0 Å². The van der Waals surface area contributed by atoms with Gasteiger partial charge in [0.15, 0.2) is 9.84 Å². The van der Waals surface area contributed by atoms with Crippen LogP contribution in [0, 0.1) is 0 Å². The number of sulfone groups is 1. The summed E-state index contributed by atoms with van der Waals surface area (Å²) in [5.41, 5.74) is 5.20. The van der Waals surface area contributed by atoms with E-state index in [2.05, 4.69) is 0 Å². The summed E-state index contributed by atoms with van der Waals surface area (Å²) in [7, 11) is -3.04. The maximum absolute atomic E-state index is 10.4. The van der Waals surface area contributed by atoms with Gasteiger partial charge in [0, 0.05) is 6.26 Å². The fourth-order valence-corrected chi connectivity index (χ4v) is 1.59. The van der Waals surface area contributed by atoms with E-state index in [4.69, 9.17) is 5.73 Å². The zero-order valence-corrected chi connectivity index (χ0v) is 6.92. The lowest BCUT2D eigenvalue weighted by molar-refractivity contribution is 0.610. The Morgan fingerprint density at radius 3 is 2.22 bits per heavy atom. The average molecular weight is 167 g/mol. The zero-order valence-electron chi connectivity index (χ0n) is 5.29. The molecule has 9 heavy (non-hydrogen) atoms. The molecule has 0 heterocycles. The van der Waals surface area contributed by atoms with Crippen molar-refractivity contribution in [1.29, 1.82) is 0 Å². The first-order valence-electron chi connectivity index (χ1n) is 2.17. The minimum Gasteiger partial charge on any atom is -0.393 e. The maximum atomic E-state index is 10.4. The van der Waals surface area contributed by atoms with Gasteiger partial charge in [0.1, 0.15) is 0 Å². The van der Waals surface area contributed by atoms with E-state index in [1.54, 1.807) is 6.26 Å². The fourth-order valence-electron chi connectivity index (χ4n) is 0.259. The van der Waals surface area contributed by atoms with E-state index < -0.39 is 9.84 Å². The minimum atomic E-state index is -3.04. The Bertz CT molecular complexity index is 205. The highest BCUT2D eigenvalue weighted by atomic mass is 32.2. The summed E-state index contributed by atoms with van der Waals surface area (Å²) < 4.78 is 20.9. The van der Waals surface area contributed by atoms with Crippen LogP contribution in [0.5, 0.6) is 0 Å². The van der Waals surface area contributed by atoms with E-state index in [-0.39, 0.29) is 0 Å². The molecular formula is C4H9NO2S2. The van der Waals surface area contributed by atoms with Gasteiger partial charge in [0.25, 0.3) is 0 Å². The molecule has 0 aromatic carbocycles.